The van der Waals surface area contributed by atoms with Crippen molar-refractivity contribution >= 4 is 11.6 Å². The molecule has 1 aliphatic rings. The van der Waals surface area contributed by atoms with Crippen LogP contribution in [-0.4, -0.2) is 46.3 Å². The van der Waals surface area contributed by atoms with Gasteiger partial charge in [0.1, 0.15) is 34.6 Å². The first-order valence-electron chi connectivity index (χ1n) is 11.9. The summed E-state index contributed by atoms with van der Waals surface area (Å²) in [5.41, 5.74) is 4.99. The van der Waals surface area contributed by atoms with Gasteiger partial charge in [0, 0.05) is 29.9 Å². The van der Waals surface area contributed by atoms with E-state index in [0.717, 1.165) is 24.3 Å². The van der Waals surface area contributed by atoms with Crippen LogP contribution in [0.3, 0.4) is 0 Å². The van der Waals surface area contributed by atoms with E-state index in [1.807, 2.05) is 20.8 Å². The van der Waals surface area contributed by atoms with Crippen molar-refractivity contribution in [1.29, 1.82) is 0 Å². The molecule has 8 nitrogen and oxygen atoms in total. The summed E-state index contributed by atoms with van der Waals surface area (Å²) in [5, 5.41) is 13.3. The van der Waals surface area contributed by atoms with E-state index in [2.05, 4.69) is 15.3 Å². The Bertz CT molecular complexity index is 1330. The Kier molecular flexibility index (Phi) is 7.73. The third-order valence-corrected chi connectivity index (χ3v) is 6.42. The van der Waals surface area contributed by atoms with Crippen molar-refractivity contribution in [3.63, 3.8) is 0 Å². The lowest BCUT2D eigenvalue weighted by atomic mass is 9.79. The molecule has 4 rings (SSSR count). The van der Waals surface area contributed by atoms with Crippen molar-refractivity contribution in [3.05, 3.63) is 71.4 Å². The Hall–Kier alpha value is -3.54. The largest absolute Gasteiger partial charge is 0.497 e. The Morgan fingerprint density at radius 3 is 2.47 bits per heavy atom. The summed E-state index contributed by atoms with van der Waals surface area (Å²) < 4.78 is 54.8. The Morgan fingerprint density at radius 1 is 1.16 bits per heavy atom. The zero-order valence-corrected chi connectivity index (χ0v) is 21.3. The fourth-order valence-corrected chi connectivity index (χ4v) is 4.46. The average Bonchev–Trinajstić information content (AvgIpc) is 2.85. The van der Waals surface area contributed by atoms with Crippen molar-refractivity contribution in [2.45, 2.75) is 51.5 Å². The topological polar surface area (TPSA) is 120 Å². The first-order valence-corrected chi connectivity index (χ1v) is 11.9. The second-order valence-corrected chi connectivity index (χ2v) is 10.2. The van der Waals surface area contributed by atoms with Crippen LogP contribution in [0.5, 0.6) is 5.75 Å². The third kappa shape index (κ3) is 5.50. The molecule has 11 heteroatoms. The van der Waals surface area contributed by atoms with Crippen molar-refractivity contribution in [2.75, 3.05) is 12.4 Å². The first kappa shape index (κ1) is 27.5. The highest BCUT2D eigenvalue weighted by Crippen LogP contribution is 2.40. The Labute approximate surface area is 218 Å². The van der Waals surface area contributed by atoms with Gasteiger partial charge in [-0.15, -0.1) is 0 Å². The number of pyridine rings is 2. The number of anilines is 1. The number of aliphatic hydroxyl groups excluding tert-OH is 1. The number of ether oxygens (including phenoxy) is 2. The van der Waals surface area contributed by atoms with Gasteiger partial charge in [0.2, 0.25) is 0 Å². The van der Waals surface area contributed by atoms with Crippen LogP contribution in [0, 0.1) is 22.9 Å². The number of carbonyl (C=O) groups excluding carboxylic acids is 1. The predicted octanol–water partition coefficient (Wildman–Crippen LogP) is 4.39. The number of hydrogen-bond donors (Lipinski definition) is 3. The molecule has 1 amide bonds. The van der Waals surface area contributed by atoms with Gasteiger partial charge in [-0.25, -0.2) is 18.2 Å². The molecule has 1 fully saturated rings. The van der Waals surface area contributed by atoms with E-state index in [1.165, 1.54) is 19.5 Å². The van der Waals surface area contributed by atoms with E-state index >= 15 is 0 Å². The van der Waals surface area contributed by atoms with E-state index in [0.29, 0.717) is 5.56 Å². The van der Waals surface area contributed by atoms with Gasteiger partial charge in [0.15, 0.2) is 0 Å². The summed E-state index contributed by atoms with van der Waals surface area (Å²) in [6.07, 6.45) is 1.23. The molecule has 1 saturated heterocycles. The molecule has 4 N–H and O–H groups in total. The average molecular weight is 531 g/mol. The molecule has 1 aliphatic heterocycles. The van der Waals surface area contributed by atoms with Crippen LogP contribution in [0.4, 0.5) is 18.9 Å². The number of aliphatic hydroxyl groups is 1. The quantitative estimate of drug-likeness (QED) is 0.448. The van der Waals surface area contributed by atoms with Gasteiger partial charge in [-0.3, -0.25) is 9.78 Å². The number of nitrogens with one attached hydrogen (secondary N) is 1. The lowest BCUT2D eigenvalue weighted by molar-refractivity contribution is -0.167. The highest BCUT2D eigenvalue weighted by molar-refractivity contribution is 6.03. The zero-order chi connectivity index (χ0) is 27.8. The monoisotopic (exact) mass is 530 g/mol. The zero-order valence-electron chi connectivity index (χ0n) is 21.3. The SMILES string of the molecule is COc1cc(F)c(-c2nc(C(=O)Nc3cnccc3[C@H]3C[C@@H](N)[C@H](O)[C@@H](C(C)(C)C)O3)ccc2F)c(F)c1. The van der Waals surface area contributed by atoms with Crippen LogP contribution < -0.4 is 15.8 Å². The number of halogens is 3. The number of nitrogens with zero attached hydrogens (tertiary/aromatic N) is 2. The lowest BCUT2D eigenvalue weighted by Crippen LogP contribution is -2.54. The van der Waals surface area contributed by atoms with Gasteiger partial charge >= 0.3 is 0 Å². The number of hydrogen-bond acceptors (Lipinski definition) is 7. The van der Waals surface area contributed by atoms with Crippen LogP contribution in [0.25, 0.3) is 11.3 Å². The number of benzene rings is 1. The molecule has 4 atom stereocenters. The molecule has 0 bridgehead atoms. The molecule has 0 saturated carbocycles. The van der Waals surface area contributed by atoms with Gasteiger partial charge < -0.3 is 25.6 Å². The van der Waals surface area contributed by atoms with Crippen LogP contribution >= 0.6 is 0 Å². The van der Waals surface area contributed by atoms with Crippen molar-refractivity contribution in [2.24, 2.45) is 11.1 Å². The number of nitrogens with two attached hydrogens (primary N) is 1. The summed E-state index contributed by atoms with van der Waals surface area (Å²) in [7, 11) is 1.24. The number of rotatable bonds is 5. The highest BCUT2D eigenvalue weighted by Gasteiger charge is 2.43. The highest BCUT2D eigenvalue weighted by atomic mass is 19.1. The van der Waals surface area contributed by atoms with Gasteiger partial charge in [-0.2, -0.15) is 0 Å². The molecule has 0 spiro atoms. The van der Waals surface area contributed by atoms with E-state index in [-0.39, 0.29) is 23.6 Å². The predicted molar refractivity (Wildman–Crippen MR) is 134 cm³/mol. The minimum Gasteiger partial charge on any atom is -0.497 e. The maximum atomic E-state index is 14.6. The molecule has 0 radical (unpaired) electrons. The maximum Gasteiger partial charge on any atom is 0.274 e. The van der Waals surface area contributed by atoms with Crippen LogP contribution in [0.2, 0.25) is 0 Å². The minimum atomic E-state index is -1.10. The lowest BCUT2D eigenvalue weighted by Gasteiger charge is -2.44. The molecule has 38 heavy (non-hydrogen) atoms. The van der Waals surface area contributed by atoms with Crippen LogP contribution in [0.1, 0.15) is 49.3 Å². The molecule has 3 aromatic rings. The Balaban J connectivity index is 1.64. The van der Waals surface area contributed by atoms with E-state index in [4.69, 9.17) is 15.2 Å². The van der Waals surface area contributed by atoms with E-state index in [9.17, 15) is 23.1 Å². The number of carbonyl (C=O) groups is 1. The minimum absolute atomic E-state index is 0.0898. The molecule has 0 aliphatic carbocycles. The van der Waals surface area contributed by atoms with Crippen LogP contribution in [-0.2, 0) is 4.74 Å². The molecule has 1 aromatic carbocycles. The molecule has 3 heterocycles. The van der Waals surface area contributed by atoms with Gasteiger partial charge in [0.05, 0.1) is 42.9 Å². The molecule has 202 valence electrons. The molecular formula is C27H29F3N4O4. The summed E-state index contributed by atoms with van der Waals surface area (Å²) in [4.78, 5) is 21.1. The molecular weight excluding hydrogens is 501 g/mol. The van der Waals surface area contributed by atoms with E-state index < -0.39 is 64.4 Å². The summed E-state index contributed by atoms with van der Waals surface area (Å²) in [5.74, 6) is -4.05. The maximum absolute atomic E-state index is 14.6. The molecule has 2 aromatic heterocycles. The first-order chi connectivity index (χ1) is 17.9. The van der Waals surface area contributed by atoms with Gasteiger partial charge in [-0.05, 0) is 30.0 Å². The number of methoxy groups -OCH3 is 1. The number of aromatic nitrogens is 2. The summed E-state index contributed by atoms with van der Waals surface area (Å²) >= 11 is 0. The van der Waals surface area contributed by atoms with E-state index in [1.54, 1.807) is 6.07 Å². The standard InChI is InChI=1S/C27H29F3N4O4/c1-27(2,3)25-24(35)18(31)11-21(38-25)14-7-8-32-12-20(14)34-26(36)19-6-5-15(28)23(33-19)22-16(29)9-13(37-4)10-17(22)30/h5-10,12,18,21,24-25,35H,11,31H2,1-4H3,(H,34,36)/t18-,21-,24+,25+/m1/s1. The number of amides is 1. The fourth-order valence-electron chi connectivity index (χ4n) is 4.46. The summed E-state index contributed by atoms with van der Waals surface area (Å²) in [6, 6.07) is 4.89. The van der Waals surface area contributed by atoms with Gasteiger partial charge in [0.25, 0.3) is 5.91 Å². The summed E-state index contributed by atoms with van der Waals surface area (Å²) in [6.45, 7) is 5.78. The third-order valence-electron chi connectivity index (χ3n) is 6.42. The van der Waals surface area contributed by atoms with Crippen molar-refractivity contribution in [1.82, 2.24) is 9.97 Å². The normalized spacial score (nSPS) is 21.7. The molecule has 0 unspecified atom stereocenters. The second kappa shape index (κ2) is 10.7. The van der Waals surface area contributed by atoms with Crippen LogP contribution in [0.15, 0.2) is 42.7 Å². The van der Waals surface area contributed by atoms with Crippen molar-refractivity contribution in [3.8, 4) is 17.0 Å². The Morgan fingerprint density at radius 2 is 1.84 bits per heavy atom. The fraction of sp³-hybridized carbons (Fsp3) is 0.370. The van der Waals surface area contributed by atoms with Crippen molar-refractivity contribution < 1.29 is 32.5 Å². The second-order valence-electron chi connectivity index (χ2n) is 10.2. The smallest absolute Gasteiger partial charge is 0.274 e. The van der Waals surface area contributed by atoms with Gasteiger partial charge in [-0.1, -0.05) is 20.8 Å².